The number of amides is 1. The average Bonchev–Trinajstić information content (AvgIpc) is 3.12. The fourth-order valence-electron chi connectivity index (χ4n) is 1.67. The van der Waals surface area contributed by atoms with Gasteiger partial charge in [0, 0.05) is 20.6 Å². The molecular formula is C13H10BrN3OS3. The predicted octanol–water partition coefficient (Wildman–Crippen LogP) is 4.58. The second-order valence-corrected chi connectivity index (χ2v) is 7.84. The third-order valence-corrected chi connectivity index (χ3v) is 6.16. The first-order valence-corrected chi connectivity index (χ1v) is 9.44. The molecule has 0 fully saturated rings. The Labute approximate surface area is 142 Å². The third kappa shape index (κ3) is 3.76. The molecule has 0 aliphatic carbocycles. The molecule has 3 heterocycles. The molecule has 0 unspecified atom stereocenters. The lowest BCUT2D eigenvalue weighted by Crippen LogP contribution is -2.14. The lowest BCUT2D eigenvalue weighted by atomic mass is 10.3. The summed E-state index contributed by atoms with van der Waals surface area (Å²) in [6, 6.07) is 2.03. The number of aryl methyl sites for hydroxylation is 1. The van der Waals surface area contributed by atoms with Crippen LogP contribution >= 0.6 is 49.9 Å². The number of halogens is 1. The molecule has 0 aromatic carbocycles. The van der Waals surface area contributed by atoms with Crippen molar-refractivity contribution >= 4 is 61.0 Å². The number of anilines is 1. The summed E-state index contributed by atoms with van der Waals surface area (Å²) < 4.78 is 1.05. The van der Waals surface area contributed by atoms with Crippen LogP contribution in [0.2, 0.25) is 0 Å². The molecule has 21 heavy (non-hydrogen) atoms. The van der Waals surface area contributed by atoms with Gasteiger partial charge < -0.3 is 5.32 Å². The monoisotopic (exact) mass is 399 g/mol. The molecule has 1 amide bonds. The van der Waals surface area contributed by atoms with Gasteiger partial charge in [0.05, 0.1) is 22.7 Å². The zero-order valence-electron chi connectivity index (χ0n) is 10.9. The molecule has 0 aliphatic rings. The summed E-state index contributed by atoms with van der Waals surface area (Å²) in [6.07, 6.45) is 0.266. The number of nitrogens with one attached hydrogen (secondary N) is 1. The van der Waals surface area contributed by atoms with E-state index in [4.69, 9.17) is 0 Å². The van der Waals surface area contributed by atoms with E-state index >= 15 is 0 Å². The van der Waals surface area contributed by atoms with Gasteiger partial charge in [-0.2, -0.15) is 0 Å². The van der Waals surface area contributed by atoms with E-state index in [9.17, 15) is 4.79 Å². The van der Waals surface area contributed by atoms with E-state index in [1.165, 1.54) is 11.3 Å². The highest BCUT2D eigenvalue weighted by atomic mass is 79.9. The Morgan fingerprint density at radius 2 is 2.10 bits per heavy atom. The number of thiophene rings is 1. The van der Waals surface area contributed by atoms with E-state index in [1.54, 1.807) is 22.7 Å². The van der Waals surface area contributed by atoms with Crippen LogP contribution in [0.5, 0.6) is 0 Å². The second-order valence-electron chi connectivity index (χ2n) is 4.29. The van der Waals surface area contributed by atoms with E-state index in [0.29, 0.717) is 5.13 Å². The molecule has 108 valence electrons. The van der Waals surface area contributed by atoms with Crippen molar-refractivity contribution in [2.24, 2.45) is 0 Å². The topological polar surface area (TPSA) is 54.9 Å². The third-order valence-electron chi connectivity index (χ3n) is 2.54. The fourth-order valence-corrected chi connectivity index (χ4v) is 4.70. The normalized spacial score (nSPS) is 10.8. The molecule has 0 atom stereocenters. The zero-order valence-corrected chi connectivity index (χ0v) is 15.0. The summed E-state index contributed by atoms with van der Waals surface area (Å²) in [4.78, 5) is 21.8. The number of rotatable bonds is 4. The molecule has 0 spiro atoms. The predicted molar refractivity (Wildman–Crippen MR) is 92.3 cm³/mol. The Morgan fingerprint density at radius 3 is 2.76 bits per heavy atom. The molecular weight excluding hydrogens is 390 g/mol. The Morgan fingerprint density at radius 1 is 1.24 bits per heavy atom. The number of thiazole rings is 2. The maximum atomic E-state index is 12.0. The molecule has 3 rings (SSSR count). The van der Waals surface area contributed by atoms with Crippen LogP contribution in [0.1, 0.15) is 11.4 Å². The Hall–Kier alpha value is -1.09. The van der Waals surface area contributed by atoms with Crippen LogP contribution in [0, 0.1) is 6.92 Å². The van der Waals surface area contributed by atoms with Crippen molar-refractivity contribution in [2.75, 3.05) is 5.32 Å². The summed E-state index contributed by atoms with van der Waals surface area (Å²) in [5.74, 6) is -0.0893. The molecule has 3 aromatic heterocycles. The molecule has 0 saturated carbocycles. The molecule has 0 saturated heterocycles. The summed E-state index contributed by atoms with van der Waals surface area (Å²) in [6.45, 7) is 1.90. The van der Waals surface area contributed by atoms with Gasteiger partial charge in [-0.15, -0.1) is 34.0 Å². The standard InChI is InChI=1S/C13H10BrN3OS3/c1-7-4-21-13(15-7)17-11(18)3-9-6-20-12(16-9)10-2-8(14)5-19-10/h2,4-6H,3H2,1H3,(H,15,17,18). The van der Waals surface area contributed by atoms with Crippen molar-refractivity contribution in [3.63, 3.8) is 0 Å². The number of aromatic nitrogens is 2. The first-order valence-electron chi connectivity index (χ1n) is 6.01. The van der Waals surface area contributed by atoms with Crippen molar-refractivity contribution in [3.05, 3.63) is 38.1 Å². The minimum absolute atomic E-state index is 0.0893. The molecule has 1 N–H and O–H groups in total. The van der Waals surface area contributed by atoms with Crippen molar-refractivity contribution in [1.82, 2.24) is 9.97 Å². The summed E-state index contributed by atoms with van der Waals surface area (Å²) in [7, 11) is 0. The molecule has 8 heteroatoms. The highest BCUT2D eigenvalue weighted by Crippen LogP contribution is 2.32. The van der Waals surface area contributed by atoms with Crippen LogP contribution in [0.3, 0.4) is 0 Å². The summed E-state index contributed by atoms with van der Waals surface area (Å²) in [5, 5.41) is 10.2. The van der Waals surface area contributed by atoms with Crippen molar-refractivity contribution in [2.45, 2.75) is 13.3 Å². The van der Waals surface area contributed by atoms with Gasteiger partial charge in [0.25, 0.3) is 0 Å². The zero-order chi connectivity index (χ0) is 14.8. The highest BCUT2D eigenvalue weighted by molar-refractivity contribution is 9.10. The molecule has 4 nitrogen and oxygen atoms in total. The van der Waals surface area contributed by atoms with Gasteiger partial charge in [-0.1, -0.05) is 0 Å². The summed E-state index contributed by atoms with van der Waals surface area (Å²) in [5.41, 5.74) is 1.69. The highest BCUT2D eigenvalue weighted by Gasteiger charge is 2.11. The van der Waals surface area contributed by atoms with E-state index < -0.39 is 0 Å². The first-order chi connectivity index (χ1) is 10.1. The number of hydrogen-bond acceptors (Lipinski definition) is 6. The maximum absolute atomic E-state index is 12.0. The largest absolute Gasteiger partial charge is 0.302 e. The molecule has 0 bridgehead atoms. The van der Waals surface area contributed by atoms with Crippen LogP contribution < -0.4 is 5.32 Å². The smallest absolute Gasteiger partial charge is 0.232 e. The lowest BCUT2D eigenvalue weighted by molar-refractivity contribution is -0.115. The van der Waals surface area contributed by atoms with Crippen molar-refractivity contribution in [1.29, 1.82) is 0 Å². The lowest BCUT2D eigenvalue weighted by Gasteiger charge is -1.98. The van der Waals surface area contributed by atoms with Gasteiger partial charge >= 0.3 is 0 Å². The Kier molecular flexibility index (Phi) is 4.48. The van der Waals surface area contributed by atoms with Crippen LogP contribution in [-0.2, 0) is 11.2 Å². The maximum Gasteiger partial charge on any atom is 0.232 e. The molecule has 0 radical (unpaired) electrons. The van der Waals surface area contributed by atoms with Crippen molar-refractivity contribution in [3.8, 4) is 9.88 Å². The van der Waals surface area contributed by atoms with Crippen molar-refractivity contribution < 1.29 is 4.79 Å². The average molecular weight is 400 g/mol. The minimum Gasteiger partial charge on any atom is -0.302 e. The van der Waals surface area contributed by atoms with E-state index in [0.717, 1.165) is 25.7 Å². The first kappa shape index (κ1) is 14.8. The Bertz CT molecular complexity index is 777. The van der Waals surface area contributed by atoms with Gasteiger partial charge in [0.15, 0.2) is 5.13 Å². The van der Waals surface area contributed by atoms with E-state index in [2.05, 4.69) is 31.2 Å². The van der Waals surface area contributed by atoms with Crippen LogP contribution in [-0.4, -0.2) is 15.9 Å². The van der Waals surface area contributed by atoms with E-state index in [1.807, 2.05) is 29.1 Å². The van der Waals surface area contributed by atoms with Gasteiger partial charge in [-0.3, -0.25) is 4.79 Å². The Balaban J connectivity index is 1.65. The number of hydrogen-bond donors (Lipinski definition) is 1. The fraction of sp³-hybridized carbons (Fsp3) is 0.154. The van der Waals surface area contributed by atoms with Crippen LogP contribution in [0.25, 0.3) is 9.88 Å². The van der Waals surface area contributed by atoms with Crippen LogP contribution in [0.15, 0.2) is 26.7 Å². The second kappa shape index (κ2) is 6.35. The van der Waals surface area contributed by atoms with Gasteiger partial charge in [-0.25, -0.2) is 9.97 Å². The number of nitrogens with zero attached hydrogens (tertiary/aromatic N) is 2. The number of carbonyl (C=O) groups is 1. The summed E-state index contributed by atoms with van der Waals surface area (Å²) >= 11 is 8.05. The van der Waals surface area contributed by atoms with Gasteiger partial charge in [-0.05, 0) is 28.9 Å². The van der Waals surface area contributed by atoms with Gasteiger partial charge in [0.2, 0.25) is 5.91 Å². The van der Waals surface area contributed by atoms with Crippen LogP contribution in [0.4, 0.5) is 5.13 Å². The molecule has 3 aromatic rings. The van der Waals surface area contributed by atoms with Gasteiger partial charge in [0.1, 0.15) is 5.01 Å². The molecule has 0 aliphatic heterocycles. The quantitative estimate of drug-likeness (QED) is 0.698. The minimum atomic E-state index is -0.0893. The number of carbonyl (C=O) groups excluding carboxylic acids is 1. The SMILES string of the molecule is Cc1csc(NC(=O)Cc2csc(-c3cc(Br)cs3)n2)n1. The van der Waals surface area contributed by atoms with E-state index in [-0.39, 0.29) is 12.3 Å².